The van der Waals surface area contributed by atoms with Gasteiger partial charge in [-0.2, -0.15) is 0 Å². The minimum Gasteiger partial charge on any atom is -0.382 e. The van der Waals surface area contributed by atoms with Crippen molar-refractivity contribution in [3.05, 3.63) is 41.9 Å². The van der Waals surface area contributed by atoms with Gasteiger partial charge in [-0.1, -0.05) is 19.9 Å². The number of nitrogens with one attached hydrogen (secondary N) is 2. The number of nitrogen functional groups attached to an aromatic ring is 1. The van der Waals surface area contributed by atoms with Crippen LogP contribution in [0.25, 0.3) is 0 Å². The molecule has 7 heteroatoms. The Morgan fingerprint density at radius 2 is 1.83 bits per heavy atom. The minimum atomic E-state index is -0.453. The standard InChI is InChI=1S/C16H19N5O2/c1-9(2)15(22)20-11-5-4-10(3)12(8-11)21-16(23)13-14(17)19-7-6-18-13/h4-9H,1-3H3,(H2,17,19)(H,20,22)(H,21,23). The Labute approximate surface area is 134 Å². The van der Waals surface area contributed by atoms with E-state index in [4.69, 9.17) is 5.73 Å². The lowest BCUT2D eigenvalue weighted by atomic mass is 10.1. The van der Waals surface area contributed by atoms with Crippen LogP contribution in [0.4, 0.5) is 17.2 Å². The van der Waals surface area contributed by atoms with Gasteiger partial charge in [-0.25, -0.2) is 9.97 Å². The van der Waals surface area contributed by atoms with Crippen molar-refractivity contribution in [1.82, 2.24) is 9.97 Å². The number of nitrogens with two attached hydrogens (primary N) is 1. The van der Waals surface area contributed by atoms with Gasteiger partial charge in [-0.15, -0.1) is 0 Å². The Kier molecular flexibility index (Phi) is 4.90. The summed E-state index contributed by atoms with van der Waals surface area (Å²) in [7, 11) is 0. The van der Waals surface area contributed by atoms with Crippen LogP contribution in [-0.4, -0.2) is 21.8 Å². The van der Waals surface area contributed by atoms with Gasteiger partial charge in [0.05, 0.1) is 0 Å². The van der Waals surface area contributed by atoms with Crippen LogP contribution in [0.5, 0.6) is 0 Å². The Morgan fingerprint density at radius 1 is 1.13 bits per heavy atom. The second kappa shape index (κ2) is 6.87. The van der Waals surface area contributed by atoms with Gasteiger partial charge in [0.25, 0.3) is 5.91 Å². The lowest BCUT2D eigenvalue weighted by molar-refractivity contribution is -0.118. The molecule has 0 fully saturated rings. The number of benzene rings is 1. The van der Waals surface area contributed by atoms with E-state index >= 15 is 0 Å². The van der Waals surface area contributed by atoms with Crippen molar-refractivity contribution in [1.29, 1.82) is 0 Å². The quantitative estimate of drug-likeness (QED) is 0.801. The average Bonchev–Trinajstić information content (AvgIpc) is 2.50. The molecule has 4 N–H and O–H groups in total. The molecule has 0 spiro atoms. The fourth-order valence-corrected chi connectivity index (χ4v) is 1.83. The van der Waals surface area contributed by atoms with E-state index in [-0.39, 0.29) is 23.3 Å². The van der Waals surface area contributed by atoms with Crippen LogP contribution >= 0.6 is 0 Å². The molecule has 0 aliphatic carbocycles. The fourth-order valence-electron chi connectivity index (χ4n) is 1.83. The van der Waals surface area contributed by atoms with Gasteiger partial charge in [0.1, 0.15) is 0 Å². The summed E-state index contributed by atoms with van der Waals surface area (Å²) in [6.07, 6.45) is 2.82. The summed E-state index contributed by atoms with van der Waals surface area (Å²) in [5, 5.41) is 5.53. The maximum atomic E-state index is 12.2. The van der Waals surface area contributed by atoms with E-state index in [0.717, 1.165) is 5.56 Å². The first-order chi connectivity index (χ1) is 10.9. The Balaban J connectivity index is 2.21. The van der Waals surface area contributed by atoms with Crippen molar-refractivity contribution in [3.63, 3.8) is 0 Å². The SMILES string of the molecule is Cc1ccc(NC(=O)C(C)C)cc1NC(=O)c1nccnc1N. The summed E-state index contributed by atoms with van der Waals surface area (Å²) in [6, 6.07) is 5.29. The summed E-state index contributed by atoms with van der Waals surface area (Å²) >= 11 is 0. The summed E-state index contributed by atoms with van der Waals surface area (Å²) < 4.78 is 0. The van der Waals surface area contributed by atoms with Crippen molar-refractivity contribution in [2.24, 2.45) is 5.92 Å². The van der Waals surface area contributed by atoms with Gasteiger partial charge in [0.2, 0.25) is 5.91 Å². The van der Waals surface area contributed by atoms with Crippen LogP contribution in [0.15, 0.2) is 30.6 Å². The van der Waals surface area contributed by atoms with E-state index in [2.05, 4.69) is 20.6 Å². The normalized spacial score (nSPS) is 10.4. The molecule has 2 aromatic rings. The van der Waals surface area contributed by atoms with E-state index in [1.165, 1.54) is 12.4 Å². The molecule has 0 unspecified atom stereocenters. The highest BCUT2D eigenvalue weighted by Crippen LogP contribution is 2.21. The van der Waals surface area contributed by atoms with Crippen molar-refractivity contribution in [3.8, 4) is 0 Å². The monoisotopic (exact) mass is 313 g/mol. The molecule has 1 aromatic heterocycles. The third-order valence-electron chi connectivity index (χ3n) is 3.22. The molecule has 1 aromatic carbocycles. The van der Waals surface area contributed by atoms with Gasteiger partial charge in [0, 0.05) is 29.7 Å². The second-order valence-corrected chi connectivity index (χ2v) is 5.42. The van der Waals surface area contributed by atoms with Gasteiger partial charge in [-0.05, 0) is 24.6 Å². The molecule has 0 saturated heterocycles. The molecule has 0 aliphatic rings. The third-order valence-corrected chi connectivity index (χ3v) is 3.22. The van der Waals surface area contributed by atoms with E-state index in [1.54, 1.807) is 12.1 Å². The van der Waals surface area contributed by atoms with Crippen LogP contribution in [0, 0.1) is 12.8 Å². The molecule has 0 saturated carbocycles. The number of hydrogen-bond donors (Lipinski definition) is 3. The highest BCUT2D eigenvalue weighted by atomic mass is 16.2. The molecule has 7 nitrogen and oxygen atoms in total. The van der Waals surface area contributed by atoms with Gasteiger partial charge >= 0.3 is 0 Å². The lowest BCUT2D eigenvalue weighted by Crippen LogP contribution is -2.19. The van der Waals surface area contributed by atoms with E-state index in [1.807, 2.05) is 26.8 Å². The first-order valence-electron chi connectivity index (χ1n) is 7.18. The van der Waals surface area contributed by atoms with Crippen LogP contribution in [0.3, 0.4) is 0 Å². The van der Waals surface area contributed by atoms with Crippen molar-refractivity contribution in [2.75, 3.05) is 16.4 Å². The summed E-state index contributed by atoms with van der Waals surface area (Å²) in [5.74, 6) is -0.615. The number of nitrogens with zero attached hydrogens (tertiary/aromatic N) is 2. The van der Waals surface area contributed by atoms with Crippen molar-refractivity contribution in [2.45, 2.75) is 20.8 Å². The van der Waals surface area contributed by atoms with Crippen LogP contribution in [-0.2, 0) is 4.79 Å². The molecule has 0 radical (unpaired) electrons. The molecule has 2 rings (SSSR count). The average molecular weight is 313 g/mol. The Bertz CT molecular complexity index is 743. The predicted octanol–water partition coefficient (Wildman–Crippen LogP) is 2.21. The lowest BCUT2D eigenvalue weighted by Gasteiger charge is -2.12. The summed E-state index contributed by atoms with van der Waals surface area (Å²) in [5.41, 5.74) is 7.74. The number of aryl methyl sites for hydroxylation is 1. The first kappa shape index (κ1) is 16.4. The molecule has 1 heterocycles. The number of rotatable bonds is 4. The number of aromatic nitrogens is 2. The largest absolute Gasteiger partial charge is 0.382 e. The Morgan fingerprint density at radius 3 is 2.48 bits per heavy atom. The van der Waals surface area contributed by atoms with E-state index in [0.29, 0.717) is 11.4 Å². The zero-order valence-electron chi connectivity index (χ0n) is 13.3. The summed E-state index contributed by atoms with van der Waals surface area (Å²) in [4.78, 5) is 31.8. The first-order valence-corrected chi connectivity index (χ1v) is 7.18. The van der Waals surface area contributed by atoms with Gasteiger partial charge in [0.15, 0.2) is 11.5 Å². The van der Waals surface area contributed by atoms with E-state index in [9.17, 15) is 9.59 Å². The zero-order chi connectivity index (χ0) is 17.0. The van der Waals surface area contributed by atoms with Crippen LogP contribution in [0.1, 0.15) is 29.9 Å². The van der Waals surface area contributed by atoms with Gasteiger partial charge < -0.3 is 16.4 Å². The zero-order valence-corrected chi connectivity index (χ0v) is 13.3. The van der Waals surface area contributed by atoms with Crippen LogP contribution in [0.2, 0.25) is 0 Å². The van der Waals surface area contributed by atoms with Gasteiger partial charge in [-0.3, -0.25) is 9.59 Å². The molecule has 23 heavy (non-hydrogen) atoms. The number of carbonyl (C=O) groups is 2. The number of hydrogen-bond acceptors (Lipinski definition) is 5. The smallest absolute Gasteiger partial charge is 0.278 e. The summed E-state index contributed by atoms with van der Waals surface area (Å²) in [6.45, 7) is 5.47. The van der Waals surface area contributed by atoms with E-state index < -0.39 is 5.91 Å². The number of carbonyl (C=O) groups excluding carboxylic acids is 2. The Hall–Kier alpha value is -2.96. The predicted molar refractivity (Wildman–Crippen MR) is 89.0 cm³/mol. The highest BCUT2D eigenvalue weighted by molar-refractivity contribution is 6.06. The molecule has 0 aliphatic heterocycles. The molecule has 120 valence electrons. The molecular formula is C16H19N5O2. The molecule has 0 bridgehead atoms. The number of amides is 2. The maximum absolute atomic E-state index is 12.2. The number of anilines is 3. The minimum absolute atomic E-state index is 0.0588. The highest BCUT2D eigenvalue weighted by Gasteiger charge is 2.14. The van der Waals surface area contributed by atoms with Crippen molar-refractivity contribution < 1.29 is 9.59 Å². The maximum Gasteiger partial charge on any atom is 0.278 e. The topological polar surface area (TPSA) is 110 Å². The third kappa shape index (κ3) is 4.03. The fraction of sp³-hybridized carbons (Fsp3) is 0.250. The molecule has 2 amide bonds. The van der Waals surface area contributed by atoms with Crippen LogP contribution < -0.4 is 16.4 Å². The molecular weight excluding hydrogens is 294 g/mol. The molecule has 0 atom stereocenters. The van der Waals surface area contributed by atoms with Crippen molar-refractivity contribution >= 4 is 29.0 Å². The second-order valence-electron chi connectivity index (χ2n) is 5.42.